The van der Waals surface area contributed by atoms with Crippen molar-refractivity contribution < 1.29 is 14.3 Å². The van der Waals surface area contributed by atoms with E-state index >= 15 is 0 Å². The first-order valence-electron chi connectivity index (χ1n) is 9.76. The number of nitrogens with one attached hydrogen (secondary N) is 1. The van der Waals surface area contributed by atoms with E-state index in [9.17, 15) is 4.79 Å². The molecule has 1 amide bonds. The Kier molecular flexibility index (Phi) is 7.22. The standard InChI is InChI=1S/C22H28N2O3/c1-17(26-15-18-9-4-2-5-10-18)22(25)24-21-20(13-8-14-23-21)27-16-19-11-6-3-7-12-19/h2,4-5,8-10,13-14,17,19H,3,6-7,11-12,15-16H2,1H3,(H,23,24,25). The van der Waals surface area contributed by atoms with Gasteiger partial charge in [0.05, 0.1) is 13.2 Å². The molecule has 1 aliphatic rings. The molecular weight excluding hydrogens is 340 g/mol. The lowest BCUT2D eigenvalue weighted by molar-refractivity contribution is -0.127. The van der Waals surface area contributed by atoms with Crippen molar-refractivity contribution in [3.63, 3.8) is 0 Å². The first kappa shape index (κ1) is 19.4. The second kappa shape index (κ2) is 10.1. The molecule has 3 rings (SSSR count). The number of aromatic nitrogens is 1. The number of ether oxygens (including phenoxy) is 2. The number of carbonyl (C=O) groups is 1. The van der Waals surface area contributed by atoms with Crippen LogP contribution in [0.2, 0.25) is 0 Å². The van der Waals surface area contributed by atoms with E-state index in [1.165, 1.54) is 32.1 Å². The van der Waals surface area contributed by atoms with Gasteiger partial charge in [-0.05, 0) is 43.4 Å². The lowest BCUT2D eigenvalue weighted by Gasteiger charge is -2.22. The molecule has 1 aliphatic carbocycles. The van der Waals surface area contributed by atoms with E-state index < -0.39 is 6.10 Å². The molecule has 0 spiro atoms. The van der Waals surface area contributed by atoms with Gasteiger partial charge in [-0.3, -0.25) is 4.79 Å². The number of rotatable bonds is 8. The van der Waals surface area contributed by atoms with Crippen molar-refractivity contribution in [2.45, 2.75) is 51.7 Å². The van der Waals surface area contributed by atoms with Gasteiger partial charge in [-0.2, -0.15) is 0 Å². The second-order valence-corrected chi connectivity index (χ2v) is 7.09. The van der Waals surface area contributed by atoms with Gasteiger partial charge >= 0.3 is 0 Å². The van der Waals surface area contributed by atoms with Crippen LogP contribution in [-0.4, -0.2) is 23.6 Å². The summed E-state index contributed by atoms with van der Waals surface area (Å²) in [5, 5.41) is 2.83. The average molecular weight is 368 g/mol. The second-order valence-electron chi connectivity index (χ2n) is 7.09. The molecule has 0 aliphatic heterocycles. The van der Waals surface area contributed by atoms with Crippen LogP contribution in [0, 0.1) is 5.92 Å². The number of pyridine rings is 1. The Balaban J connectivity index is 1.52. The molecule has 0 bridgehead atoms. The maximum absolute atomic E-state index is 12.5. The third-order valence-electron chi connectivity index (χ3n) is 4.92. The van der Waals surface area contributed by atoms with Gasteiger partial charge in [0.1, 0.15) is 6.10 Å². The lowest BCUT2D eigenvalue weighted by atomic mass is 9.90. The van der Waals surface area contributed by atoms with Crippen LogP contribution in [0.1, 0.15) is 44.6 Å². The van der Waals surface area contributed by atoms with Gasteiger partial charge in [0.2, 0.25) is 0 Å². The maximum Gasteiger partial charge on any atom is 0.254 e. The molecule has 0 radical (unpaired) electrons. The minimum atomic E-state index is -0.585. The highest BCUT2D eigenvalue weighted by Gasteiger charge is 2.18. The Morgan fingerprint density at radius 3 is 2.70 bits per heavy atom. The van der Waals surface area contributed by atoms with Gasteiger partial charge in [-0.1, -0.05) is 49.6 Å². The molecule has 1 N–H and O–H groups in total. The van der Waals surface area contributed by atoms with Crippen molar-refractivity contribution >= 4 is 11.7 Å². The molecular formula is C22H28N2O3. The Morgan fingerprint density at radius 1 is 1.15 bits per heavy atom. The topological polar surface area (TPSA) is 60.5 Å². The number of nitrogens with zero attached hydrogens (tertiary/aromatic N) is 1. The van der Waals surface area contributed by atoms with E-state index in [1.807, 2.05) is 42.5 Å². The normalized spacial score (nSPS) is 15.9. The Labute approximate surface area is 161 Å². The molecule has 5 nitrogen and oxygen atoms in total. The molecule has 1 aromatic carbocycles. The summed E-state index contributed by atoms with van der Waals surface area (Å²) in [5.74, 6) is 1.43. The van der Waals surface area contributed by atoms with Gasteiger partial charge in [-0.25, -0.2) is 4.98 Å². The van der Waals surface area contributed by atoms with E-state index in [1.54, 1.807) is 13.1 Å². The molecule has 144 valence electrons. The predicted molar refractivity (Wildman–Crippen MR) is 106 cm³/mol. The fraction of sp³-hybridized carbons (Fsp3) is 0.455. The van der Waals surface area contributed by atoms with Crippen LogP contribution >= 0.6 is 0 Å². The molecule has 0 saturated heterocycles. The molecule has 1 unspecified atom stereocenters. The highest BCUT2D eigenvalue weighted by molar-refractivity contribution is 5.94. The minimum Gasteiger partial charge on any atom is -0.489 e. The number of benzene rings is 1. The number of hydrogen-bond donors (Lipinski definition) is 1. The summed E-state index contributed by atoms with van der Waals surface area (Å²) in [4.78, 5) is 16.7. The first-order chi connectivity index (χ1) is 13.2. The number of carbonyl (C=O) groups excluding carboxylic acids is 1. The summed E-state index contributed by atoms with van der Waals surface area (Å²) in [5.41, 5.74) is 1.03. The van der Waals surface area contributed by atoms with E-state index in [4.69, 9.17) is 9.47 Å². The van der Waals surface area contributed by atoms with Crippen molar-refractivity contribution in [3.8, 4) is 5.75 Å². The zero-order valence-electron chi connectivity index (χ0n) is 15.9. The van der Waals surface area contributed by atoms with E-state index in [-0.39, 0.29) is 5.91 Å². The first-order valence-corrected chi connectivity index (χ1v) is 9.76. The SMILES string of the molecule is CC(OCc1ccccc1)C(=O)Nc1ncccc1OCC1CCCCC1. The van der Waals surface area contributed by atoms with Crippen molar-refractivity contribution in [2.75, 3.05) is 11.9 Å². The van der Waals surface area contributed by atoms with Gasteiger partial charge in [-0.15, -0.1) is 0 Å². The number of amides is 1. The van der Waals surface area contributed by atoms with Crippen LogP contribution in [0.15, 0.2) is 48.7 Å². The summed E-state index contributed by atoms with van der Waals surface area (Å²) >= 11 is 0. The fourth-order valence-corrected chi connectivity index (χ4v) is 3.25. The largest absolute Gasteiger partial charge is 0.489 e. The molecule has 5 heteroatoms. The zero-order valence-corrected chi connectivity index (χ0v) is 15.9. The summed E-state index contributed by atoms with van der Waals surface area (Å²) in [6, 6.07) is 13.5. The van der Waals surface area contributed by atoms with E-state index in [0.717, 1.165) is 5.56 Å². The molecule has 1 saturated carbocycles. The van der Waals surface area contributed by atoms with E-state index in [0.29, 0.717) is 30.7 Å². The summed E-state index contributed by atoms with van der Waals surface area (Å²) in [6.45, 7) is 2.81. The molecule has 1 fully saturated rings. The molecule has 1 heterocycles. The van der Waals surface area contributed by atoms with Crippen LogP contribution in [0.25, 0.3) is 0 Å². The monoisotopic (exact) mass is 368 g/mol. The van der Waals surface area contributed by atoms with E-state index in [2.05, 4.69) is 10.3 Å². The lowest BCUT2D eigenvalue weighted by Crippen LogP contribution is -2.28. The summed E-state index contributed by atoms with van der Waals surface area (Å²) in [6.07, 6.45) is 7.38. The highest BCUT2D eigenvalue weighted by atomic mass is 16.5. The highest BCUT2D eigenvalue weighted by Crippen LogP contribution is 2.27. The molecule has 1 atom stereocenters. The Bertz CT molecular complexity index is 715. The zero-order chi connectivity index (χ0) is 18.9. The van der Waals surface area contributed by atoms with Gasteiger partial charge < -0.3 is 14.8 Å². The quantitative estimate of drug-likeness (QED) is 0.741. The maximum atomic E-state index is 12.5. The van der Waals surface area contributed by atoms with Crippen molar-refractivity contribution in [2.24, 2.45) is 5.92 Å². The number of hydrogen-bond acceptors (Lipinski definition) is 4. The summed E-state index contributed by atoms with van der Waals surface area (Å²) < 4.78 is 11.6. The third-order valence-corrected chi connectivity index (χ3v) is 4.92. The average Bonchev–Trinajstić information content (AvgIpc) is 2.73. The van der Waals surface area contributed by atoms with Crippen LogP contribution < -0.4 is 10.1 Å². The Hall–Kier alpha value is -2.40. The van der Waals surface area contributed by atoms with Gasteiger partial charge in [0.15, 0.2) is 11.6 Å². The third kappa shape index (κ3) is 6.07. The Morgan fingerprint density at radius 2 is 1.93 bits per heavy atom. The minimum absolute atomic E-state index is 0.229. The number of anilines is 1. The molecule has 27 heavy (non-hydrogen) atoms. The van der Waals surface area contributed by atoms with Gasteiger partial charge in [0, 0.05) is 6.20 Å². The van der Waals surface area contributed by atoms with Crippen LogP contribution in [-0.2, 0) is 16.1 Å². The molecule has 2 aromatic rings. The van der Waals surface area contributed by atoms with Gasteiger partial charge in [0.25, 0.3) is 5.91 Å². The van der Waals surface area contributed by atoms with Crippen molar-refractivity contribution in [1.82, 2.24) is 4.98 Å². The van der Waals surface area contributed by atoms with Crippen molar-refractivity contribution in [1.29, 1.82) is 0 Å². The fourth-order valence-electron chi connectivity index (χ4n) is 3.25. The smallest absolute Gasteiger partial charge is 0.254 e. The van der Waals surface area contributed by atoms with Crippen molar-refractivity contribution in [3.05, 3.63) is 54.2 Å². The van der Waals surface area contributed by atoms with Crippen LogP contribution in [0.4, 0.5) is 5.82 Å². The predicted octanol–water partition coefficient (Wildman–Crippen LogP) is 4.58. The molecule has 1 aromatic heterocycles. The van der Waals surface area contributed by atoms with Crippen LogP contribution in [0.5, 0.6) is 5.75 Å². The summed E-state index contributed by atoms with van der Waals surface area (Å²) in [7, 11) is 0. The van der Waals surface area contributed by atoms with Crippen LogP contribution in [0.3, 0.4) is 0 Å².